The lowest BCUT2D eigenvalue weighted by Crippen LogP contribution is -2.41. The molecule has 7 heteroatoms. The number of piperidine rings is 1. The van der Waals surface area contributed by atoms with Crippen LogP contribution < -0.4 is 4.74 Å². The second-order valence-electron chi connectivity index (χ2n) is 8.19. The summed E-state index contributed by atoms with van der Waals surface area (Å²) in [6, 6.07) is 8.06. The van der Waals surface area contributed by atoms with Gasteiger partial charge < -0.3 is 18.9 Å². The number of amides is 1. The summed E-state index contributed by atoms with van der Waals surface area (Å²) in [5, 5.41) is 0. The molecule has 2 fully saturated rings. The molecule has 0 radical (unpaired) electrons. The van der Waals surface area contributed by atoms with Gasteiger partial charge in [-0.25, -0.2) is 4.98 Å². The summed E-state index contributed by atoms with van der Waals surface area (Å²) < 4.78 is 12.8. The van der Waals surface area contributed by atoms with Crippen LogP contribution in [0.1, 0.15) is 31.5 Å². The normalized spacial score (nSPS) is 20.3. The Morgan fingerprint density at radius 1 is 1.20 bits per heavy atom. The fraction of sp³-hybridized carbons (Fsp3) is 0.565. The third-order valence-electron chi connectivity index (χ3n) is 6.17. The highest BCUT2D eigenvalue weighted by Crippen LogP contribution is 2.24. The Hall–Kier alpha value is -2.38. The van der Waals surface area contributed by atoms with Crippen LogP contribution in [-0.4, -0.2) is 71.8 Å². The predicted molar refractivity (Wildman–Crippen MR) is 115 cm³/mol. The molecule has 0 bridgehead atoms. The third-order valence-corrected chi connectivity index (χ3v) is 6.17. The number of imidazole rings is 1. The van der Waals surface area contributed by atoms with Crippen molar-refractivity contribution in [2.24, 2.45) is 5.92 Å². The molecule has 2 aliphatic heterocycles. The van der Waals surface area contributed by atoms with Gasteiger partial charge in [-0.3, -0.25) is 9.69 Å². The topological polar surface area (TPSA) is 59.8 Å². The second kappa shape index (κ2) is 10.1. The number of hydrogen-bond acceptors (Lipinski definition) is 5. The van der Waals surface area contributed by atoms with Crippen LogP contribution in [0.4, 0.5) is 0 Å². The van der Waals surface area contributed by atoms with Gasteiger partial charge in [-0.1, -0.05) is 0 Å². The van der Waals surface area contributed by atoms with Gasteiger partial charge in [0, 0.05) is 44.1 Å². The minimum absolute atomic E-state index is 0.283. The van der Waals surface area contributed by atoms with Gasteiger partial charge >= 0.3 is 0 Å². The molecule has 3 heterocycles. The molecule has 2 aliphatic rings. The van der Waals surface area contributed by atoms with Gasteiger partial charge in [0.1, 0.15) is 11.6 Å². The van der Waals surface area contributed by atoms with Crippen LogP contribution in [0.5, 0.6) is 5.75 Å². The number of nitrogens with zero attached hydrogens (tertiary/aromatic N) is 4. The largest absolute Gasteiger partial charge is 0.497 e. The molecule has 0 saturated carbocycles. The zero-order chi connectivity index (χ0) is 20.8. The van der Waals surface area contributed by atoms with E-state index in [1.165, 1.54) is 12.8 Å². The van der Waals surface area contributed by atoms with E-state index in [2.05, 4.69) is 26.6 Å². The van der Waals surface area contributed by atoms with E-state index in [-0.39, 0.29) is 5.91 Å². The first-order valence-electron chi connectivity index (χ1n) is 11.0. The Kier molecular flexibility index (Phi) is 7.02. The van der Waals surface area contributed by atoms with E-state index in [9.17, 15) is 4.79 Å². The van der Waals surface area contributed by atoms with Crippen LogP contribution in [0.2, 0.25) is 0 Å². The minimum Gasteiger partial charge on any atom is -0.497 e. The summed E-state index contributed by atoms with van der Waals surface area (Å²) in [4.78, 5) is 21.5. The first-order chi connectivity index (χ1) is 14.7. The number of methoxy groups -OCH3 is 1. The Morgan fingerprint density at radius 3 is 2.77 bits per heavy atom. The summed E-state index contributed by atoms with van der Waals surface area (Å²) in [6.07, 6.45) is 7.89. The average Bonchev–Trinajstić information content (AvgIpc) is 3.26. The molecule has 162 valence electrons. The number of morpholine rings is 1. The highest BCUT2D eigenvalue weighted by molar-refractivity contribution is 5.76. The number of carbonyl (C=O) groups excluding carboxylic acids is 1. The van der Waals surface area contributed by atoms with Crippen molar-refractivity contribution >= 4 is 5.91 Å². The van der Waals surface area contributed by atoms with E-state index in [0.29, 0.717) is 25.6 Å². The summed E-state index contributed by atoms with van der Waals surface area (Å²) in [6.45, 7) is 5.77. The molecule has 1 aromatic carbocycles. The molecule has 0 unspecified atom stereocenters. The highest BCUT2D eigenvalue weighted by Gasteiger charge is 2.24. The van der Waals surface area contributed by atoms with Crippen molar-refractivity contribution in [3.63, 3.8) is 0 Å². The number of ether oxygens (including phenoxy) is 2. The summed E-state index contributed by atoms with van der Waals surface area (Å²) in [7, 11) is 1.68. The first kappa shape index (κ1) is 20.9. The molecule has 1 aromatic heterocycles. The molecular weight excluding hydrogens is 380 g/mol. The Morgan fingerprint density at radius 2 is 2.00 bits per heavy atom. The number of aromatic nitrogens is 2. The maximum Gasteiger partial charge on any atom is 0.222 e. The van der Waals surface area contributed by atoms with Gasteiger partial charge in [0.2, 0.25) is 5.91 Å². The zero-order valence-electron chi connectivity index (χ0n) is 17.8. The van der Waals surface area contributed by atoms with Crippen LogP contribution in [0.25, 0.3) is 5.69 Å². The molecular formula is C23H32N4O3. The molecule has 30 heavy (non-hydrogen) atoms. The van der Waals surface area contributed by atoms with Gasteiger partial charge in [-0.2, -0.15) is 0 Å². The smallest absolute Gasteiger partial charge is 0.222 e. The quantitative estimate of drug-likeness (QED) is 0.700. The van der Waals surface area contributed by atoms with Crippen LogP contribution in [-0.2, 0) is 16.1 Å². The number of benzene rings is 1. The van der Waals surface area contributed by atoms with Crippen LogP contribution in [0, 0.1) is 5.92 Å². The van der Waals surface area contributed by atoms with Gasteiger partial charge in [0.05, 0.1) is 26.9 Å². The summed E-state index contributed by atoms with van der Waals surface area (Å²) >= 11 is 0. The van der Waals surface area contributed by atoms with Crippen molar-refractivity contribution in [1.29, 1.82) is 0 Å². The van der Waals surface area contributed by atoms with Crippen molar-refractivity contribution in [1.82, 2.24) is 19.4 Å². The molecule has 1 atom stereocenters. The van der Waals surface area contributed by atoms with Crippen molar-refractivity contribution < 1.29 is 14.3 Å². The lowest BCUT2D eigenvalue weighted by Gasteiger charge is -2.33. The molecule has 4 rings (SSSR count). The monoisotopic (exact) mass is 412 g/mol. The Balaban J connectivity index is 1.31. The van der Waals surface area contributed by atoms with Gasteiger partial charge in [0.15, 0.2) is 0 Å². The molecule has 0 N–H and O–H groups in total. The lowest BCUT2D eigenvalue weighted by atomic mass is 9.93. The fourth-order valence-corrected chi connectivity index (χ4v) is 4.46. The highest BCUT2D eigenvalue weighted by atomic mass is 16.5. The van der Waals surface area contributed by atoms with Crippen molar-refractivity contribution in [2.45, 2.75) is 32.2 Å². The van der Waals surface area contributed by atoms with E-state index in [1.807, 2.05) is 29.4 Å². The molecule has 7 nitrogen and oxygen atoms in total. The van der Waals surface area contributed by atoms with Gasteiger partial charge in [-0.05, 0) is 56.0 Å². The average molecular weight is 413 g/mol. The molecule has 0 spiro atoms. The number of hydrogen-bond donors (Lipinski definition) is 0. The van der Waals surface area contributed by atoms with E-state index < -0.39 is 0 Å². The van der Waals surface area contributed by atoms with Crippen molar-refractivity contribution in [2.75, 3.05) is 46.5 Å². The third kappa shape index (κ3) is 5.21. The zero-order valence-corrected chi connectivity index (χ0v) is 17.8. The predicted octanol–water partition coefficient (Wildman–Crippen LogP) is 2.73. The Bertz CT molecular complexity index is 814. The summed E-state index contributed by atoms with van der Waals surface area (Å²) in [5.41, 5.74) is 1.09. The molecule has 1 amide bonds. The minimum atomic E-state index is 0.283. The number of likely N-dealkylation sites (tertiary alicyclic amines) is 1. The van der Waals surface area contributed by atoms with Crippen molar-refractivity contribution in [3.8, 4) is 11.4 Å². The van der Waals surface area contributed by atoms with Gasteiger partial charge in [-0.15, -0.1) is 0 Å². The second-order valence-corrected chi connectivity index (χ2v) is 8.19. The maximum atomic E-state index is 12.5. The molecule has 2 aromatic rings. The SMILES string of the molecule is COc1ccc(-n2ccnc2CN2CCC[C@H](CCC(=O)N3CCOCC3)C2)cc1. The number of rotatable bonds is 7. The maximum absolute atomic E-state index is 12.5. The lowest BCUT2D eigenvalue weighted by molar-refractivity contribution is -0.135. The summed E-state index contributed by atoms with van der Waals surface area (Å²) in [5.74, 6) is 2.76. The van der Waals surface area contributed by atoms with Crippen LogP contribution in [0.15, 0.2) is 36.7 Å². The Labute approximate surface area is 178 Å². The van der Waals surface area contributed by atoms with E-state index >= 15 is 0 Å². The molecule has 0 aliphatic carbocycles. The van der Waals surface area contributed by atoms with Crippen LogP contribution in [0.3, 0.4) is 0 Å². The van der Waals surface area contributed by atoms with Crippen LogP contribution >= 0.6 is 0 Å². The fourth-order valence-electron chi connectivity index (χ4n) is 4.46. The van der Waals surface area contributed by atoms with Gasteiger partial charge in [0.25, 0.3) is 0 Å². The first-order valence-corrected chi connectivity index (χ1v) is 11.0. The number of carbonyl (C=O) groups is 1. The molecule has 2 saturated heterocycles. The van der Waals surface area contributed by atoms with E-state index in [4.69, 9.17) is 9.47 Å². The van der Waals surface area contributed by atoms with Crippen molar-refractivity contribution in [3.05, 3.63) is 42.5 Å². The van der Waals surface area contributed by atoms with E-state index in [1.54, 1.807) is 7.11 Å². The standard InChI is InChI=1S/C23H32N4O3/c1-29-21-7-5-20(6-8-21)27-12-10-24-22(27)18-25-11-2-3-19(17-25)4-9-23(28)26-13-15-30-16-14-26/h5-8,10,12,19H,2-4,9,11,13-18H2,1H3/t19-/m1/s1. The van der Waals surface area contributed by atoms with E-state index in [0.717, 1.165) is 56.4 Å².